The maximum atomic E-state index is 11.1. The van der Waals surface area contributed by atoms with Crippen LogP contribution < -0.4 is 5.32 Å². The Morgan fingerprint density at radius 3 is 2.31 bits per heavy atom. The molecule has 0 saturated heterocycles. The average molecular weight is 185 g/mol. The van der Waals surface area contributed by atoms with Gasteiger partial charge in [-0.15, -0.1) is 0 Å². The number of hydrogen-bond acceptors (Lipinski definition) is 2. The number of hydrogen-bond donors (Lipinski definition) is 1. The Labute approximate surface area is 79.9 Å². The zero-order valence-corrected chi connectivity index (χ0v) is 8.72. The Bertz CT molecular complexity index is 176. The molecule has 3 nitrogen and oxygen atoms in total. The number of Topliss-reactive ketones (excluding diaryl/α,β-unsaturated/α-hetero) is 1. The number of ketones is 1. The van der Waals surface area contributed by atoms with Crippen LogP contribution in [0.4, 0.5) is 0 Å². The molecule has 0 aliphatic rings. The Balaban J connectivity index is 3.26. The van der Waals surface area contributed by atoms with Gasteiger partial charge in [0.25, 0.3) is 0 Å². The van der Waals surface area contributed by atoms with Gasteiger partial charge < -0.3 is 10.1 Å². The van der Waals surface area contributed by atoms with Gasteiger partial charge >= 0.3 is 0 Å². The van der Waals surface area contributed by atoms with Crippen LogP contribution in [0.1, 0.15) is 40.0 Å². The molecule has 0 heterocycles. The second-order valence-electron chi connectivity index (χ2n) is 3.60. The standard InChI is InChI=1S/C10H19NO2/c1-8(2)10(13)11-7-5-4-6-9(3)12/h8H,4-7H2,1-3H3,(H,11,13). The summed E-state index contributed by atoms with van der Waals surface area (Å²) in [6, 6.07) is 0. The Kier molecular flexibility index (Phi) is 6.20. The van der Waals surface area contributed by atoms with Crippen LogP contribution in [0.5, 0.6) is 0 Å². The summed E-state index contributed by atoms with van der Waals surface area (Å²) in [5.41, 5.74) is 0. The van der Waals surface area contributed by atoms with Crippen molar-refractivity contribution < 1.29 is 9.59 Å². The van der Waals surface area contributed by atoms with Crippen molar-refractivity contribution in [1.82, 2.24) is 5.32 Å². The quantitative estimate of drug-likeness (QED) is 0.638. The predicted molar refractivity (Wildman–Crippen MR) is 52.4 cm³/mol. The molecule has 0 aromatic carbocycles. The number of amides is 1. The van der Waals surface area contributed by atoms with Gasteiger partial charge in [-0.3, -0.25) is 4.79 Å². The lowest BCUT2D eigenvalue weighted by molar-refractivity contribution is -0.123. The normalized spacial score (nSPS) is 10.2. The minimum Gasteiger partial charge on any atom is -0.356 e. The third kappa shape index (κ3) is 7.50. The first-order chi connectivity index (χ1) is 6.04. The van der Waals surface area contributed by atoms with E-state index < -0.39 is 0 Å². The molecule has 3 heteroatoms. The van der Waals surface area contributed by atoms with Gasteiger partial charge in [0.1, 0.15) is 5.78 Å². The molecule has 0 aliphatic heterocycles. The molecule has 0 unspecified atom stereocenters. The maximum Gasteiger partial charge on any atom is 0.222 e. The average Bonchev–Trinajstić information content (AvgIpc) is 2.02. The molecule has 1 amide bonds. The second kappa shape index (κ2) is 6.63. The summed E-state index contributed by atoms with van der Waals surface area (Å²) in [7, 11) is 0. The summed E-state index contributed by atoms with van der Waals surface area (Å²) in [5, 5.41) is 2.81. The van der Waals surface area contributed by atoms with E-state index in [1.165, 1.54) is 0 Å². The fraction of sp³-hybridized carbons (Fsp3) is 0.800. The highest BCUT2D eigenvalue weighted by molar-refractivity contribution is 5.77. The maximum absolute atomic E-state index is 11.1. The molecule has 0 radical (unpaired) electrons. The molecule has 1 N–H and O–H groups in total. The zero-order chi connectivity index (χ0) is 10.3. The fourth-order valence-electron chi connectivity index (χ4n) is 0.915. The van der Waals surface area contributed by atoms with Gasteiger partial charge in [-0.1, -0.05) is 13.8 Å². The molecule has 0 saturated carbocycles. The van der Waals surface area contributed by atoms with E-state index in [1.54, 1.807) is 6.92 Å². The molecule has 13 heavy (non-hydrogen) atoms. The van der Waals surface area contributed by atoms with Gasteiger partial charge in [0.2, 0.25) is 5.91 Å². The Morgan fingerprint density at radius 2 is 1.85 bits per heavy atom. The van der Waals surface area contributed by atoms with Crippen molar-refractivity contribution in [3.05, 3.63) is 0 Å². The molecule has 0 aromatic heterocycles. The fourth-order valence-corrected chi connectivity index (χ4v) is 0.915. The van der Waals surface area contributed by atoms with E-state index in [4.69, 9.17) is 0 Å². The number of carbonyl (C=O) groups excluding carboxylic acids is 2. The lowest BCUT2D eigenvalue weighted by Crippen LogP contribution is -2.28. The SMILES string of the molecule is CC(=O)CCCCNC(=O)C(C)C. The van der Waals surface area contributed by atoms with Crippen LogP contribution in [-0.4, -0.2) is 18.2 Å². The van der Waals surface area contributed by atoms with Gasteiger partial charge in [0.15, 0.2) is 0 Å². The van der Waals surface area contributed by atoms with Crippen LogP contribution in [0.3, 0.4) is 0 Å². The topological polar surface area (TPSA) is 46.2 Å². The molecule has 0 aliphatic carbocycles. The zero-order valence-electron chi connectivity index (χ0n) is 8.72. The number of unbranched alkanes of at least 4 members (excludes halogenated alkanes) is 1. The second-order valence-corrected chi connectivity index (χ2v) is 3.60. The third-order valence-corrected chi connectivity index (χ3v) is 1.78. The van der Waals surface area contributed by atoms with Crippen molar-refractivity contribution in [3.8, 4) is 0 Å². The monoisotopic (exact) mass is 185 g/mol. The number of nitrogens with one attached hydrogen (secondary N) is 1. The molecule has 76 valence electrons. The van der Waals surface area contributed by atoms with Crippen molar-refractivity contribution in [2.24, 2.45) is 5.92 Å². The van der Waals surface area contributed by atoms with E-state index in [0.29, 0.717) is 13.0 Å². The first-order valence-electron chi connectivity index (χ1n) is 4.81. The molecule has 0 aromatic rings. The van der Waals surface area contributed by atoms with Crippen molar-refractivity contribution in [2.45, 2.75) is 40.0 Å². The molecule has 0 spiro atoms. The van der Waals surface area contributed by atoms with Gasteiger partial charge in [0, 0.05) is 18.9 Å². The highest BCUT2D eigenvalue weighted by atomic mass is 16.1. The smallest absolute Gasteiger partial charge is 0.222 e. The number of rotatable bonds is 6. The van der Waals surface area contributed by atoms with E-state index in [2.05, 4.69) is 5.32 Å². The summed E-state index contributed by atoms with van der Waals surface area (Å²) < 4.78 is 0. The first kappa shape index (κ1) is 12.1. The molecule has 0 atom stereocenters. The van der Waals surface area contributed by atoms with E-state index in [0.717, 1.165) is 12.8 Å². The third-order valence-electron chi connectivity index (χ3n) is 1.78. The van der Waals surface area contributed by atoms with Crippen LogP contribution in [-0.2, 0) is 9.59 Å². The van der Waals surface area contributed by atoms with Crippen LogP contribution in [0.2, 0.25) is 0 Å². The molecule has 0 fully saturated rings. The highest BCUT2D eigenvalue weighted by Gasteiger charge is 2.04. The largest absolute Gasteiger partial charge is 0.356 e. The van der Waals surface area contributed by atoms with Crippen molar-refractivity contribution in [1.29, 1.82) is 0 Å². The predicted octanol–water partition coefficient (Wildman–Crippen LogP) is 1.52. The van der Waals surface area contributed by atoms with Gasteiger partial charge in [-0.05, 0) is 19.8 Å². The summed E-state index contributed by atoms with van der Waals surface area (Å²) in [4.78, 5) is 21.6. The number of carbonyl (C=O) groups is 2. The van der Waals surface area contributed by atoms with E-state index >= 15 is 0 Å². The molecule has 0 bridgehead atoms. The molecule has 0 rings (SSSR count). The summed E-state index contributed by atoms with van der Waals surface area (Å²) in [6.07, 6.45) is 2.38. The minimum absolute atomic E-state index is 0.0489. The van der Waals surface area contributed by atoms with E-state index in [9.17, 15) is 9.59 Å². The van der Waals surface area contributed by atoms with Crippen LogP contribution >= 0.6 is 0 Å². The first-order valence-corrected chi connectivity index (χ1v) is 4.81. The minimum atomic E-state index is 0.0489. The molecular weight excluding hydrogens is 166 g/mol. The summed E-state index contributed by atoms with van der Waals surface area (Å²) in [6.45, 7) is 6.01. The van der Waals surface area contributed by atoms with Crippen molar-refractivity contribution in [3.63, 3.8) is 0 Å². The van der Waals surface area contributed by atoms with Crippen LogP contribution in [0.25, 0.3) is 0 Å². The Hall–Kier alpha value is -0.860. The van der Waals surface area contributed by atoms with Crippen molar-refractivity contribution >= 4 is 11.7 Å². The van der Waals surface area contributed by atoms with Gasteiger partial charge in [0.05, 0.1) is 0 Å². The lowest BCUT2D eigenvalue weighted by atomic mass is 10.2. The summed E-state index contributed by atoms with van der Waals surface area (Å²) >= 11 is 0. The lowest BCUT2D eigenvalue weighted by Gasteiger charge is -2.06. The van der Waals surface area contributed by atoms with E-state index in [1.807, 2.05) is 13.8 Å². The van der Waals surface area contributed by atoms with E-state index in [-0.39, 0.29) is 17.6 Å². The van der Waals surface area contributed by atoms with Crippen LogP contribution in [0.15, 0.2) is 0 Å². The van der Waals surface area contributed by atoms with Gasteiger partial charge in [-0.25, -0.2) is 0 Å². The Morgan fingerprint density at radius 1 is 1.23 bits per heavy atom. The van der Waals surface area contributed by atoms with Crippen LogP contribution in [0, 0.1) is 5.92 Å². The summed E-state index contributed by atoms with van der Waals surface area (Å²) in [5.74, 6) is 0.353. The highest BCUT2D eigenvalue weighted by Crippen LogP contribution is 1.96. The van der Waals surface area contributed by atoms with Gasteiger partial charge in [-0.2, -0.15) is 0 Å². The molecular formula is C10H19NO2. The van der Waals surface area contributed by atoms with Crippen molar-refractivity contribution in [2.75, 3.05) is 6.54 Å².